The fraction of sp³-hybridized carbons (Fsp3) is 0.222. The summed E-state index contributed by atoms with van der Waals surface area (Å²) in [6, 6.07) is 11.4. The van der Waals surface area contributed by atoms with Crippen molar-refractivity contribution in [3.05, 3.63) is 64.7 Å². The maximum atomic E-state index is 13.1. The summed E-state index contributed by atoms with van der Waals surface area (Å²) in [5.41, 5.74) is -1.77. The van der Waals surface area contributed by atoms with E-state index in [0.29, 0.717) is 16.5 Å². The normalized spacial score (nSPS) is 11.6. The van der Waals surface area contributed by atoms with Gasteiger partial charge in [-0.05, 0) is 35.9 Å². The first-order valence-corrected chi connectivity index (χ1v) is 7.45. The Balaban J connectivity index is 2.48. The summed E-state index contributed by atoms with van der Waals surface area (Å²) in [7, 11) is 0. The quantitative estimate of drug-likeness (QED) is 0.697. The van der Waals surface area contributed by atoms with Crippen molar-refractivity contribution in [3.63, 3.8) is 0 Å². The highest BCUT2D eigenvalue weighted by Crippen LogP contribution is 2.35. The summed E-state index contributed by atoms with van der Waals surface area (Å²) in [6.45, 7) is -1.86. The average molecular weight is 383 g/mol. The summed E-state index contributed by atoms with van der Waals surface area (Å²) in [4.78, 5) is 0.715. The van der Waals surface area contributed by atoms with Crippen molar-refractivity contribution in [1.29, 1.82) is 10.5 Å². The lowest BCUT2D eigenvalue weighted by Crippen LogP contribution is -2.34. The largest absolute Gasteiger partial charge is 0.417 e. The van der Waals surface area contributed by atoms with Crippen LogP contribution in [0.15, 0.2) is 42.5 Å². The monoisotopic (exact) mass is 383 g/mol. The van der Waals surface area contributed by atoms with Gasteiger partial charge in [0.05, 0.1) is 28.8 Å². The van der Waals surface area contributed by atoms with Crippen molar-refractivity contribution in [2.24, 2.45) is 0 Å². The smallest absolute Gasteiger partial charge is 0.358 e. The Labute approximate surface area is 150 Å². The summed E-state index contributed by atoms with van der Waals surface area (Å²) >= 11 is 0. The molecule has 2 aromatic carbocycles. The van der Waals surface area contributed by atoms with Gasteiger partial charge in [0.2, 0.25) is 0 Å². The molecule has 0 aliphatic rings. The predicted octanol–water partition coefficient (Wildman–Crippen LogP) is 5.02. The lowest BCUT2D eigenvalue weighted by molar-refractivity contribution is -0.137. The molecule has 0 saturated heterocycles. The fourth-order valence-corrected chi connectivity index (χ4v) is 2.48. The maximum absolute atomic E-state index is 13.1. The molecule has 0 spiro atoms. The SMILES string of the molecule is N#Cc1cccc(CN(CC(F)(F)F)c2ccc(C#N)c(C(F)(F)F)c2)c1. The van der Waals surface area contributed by atoms with Gasteiger partial charge in [-0.2, -0.15) is 36.9 Å². The molecule has 3 nitrogen and oxygen atoms in total. The van der Waals surface area contributed by atoms with Gasteiger partial charge in [-0.15, -0.1) is 0 Å². The van der Waals surface area contributed by atoms with Crippen LogP contribution < -0.4 is 4.90 Å². The van der Waals surface area contributed by atoms with Crippen LogP contribution in [0.4, 0.5) is 32.0 Å². The third kappa shape index (κ3) is 5.38. The van der Waals surface area contributed by atoms with E-state index < -0.39 is 30.0 Å². The highest BCUT2D eigenvalue weighted by atomic mass is 19.4. The second-order valence-corrected chi connectivity index (χ2v) is 5.62. The van der Waals surface area contributed by atoms with E-state index in [4.69, 9.17) is 10.5 Å². The number of benzene rings is 2. The molecule has 140 valence electrons. The molecule has 0 N–H and O–H groups in total. The van der Waals surface area contributed by atoms with Crippen molar-refractivity contribution >= 4 is 5.69 Å². The maximum Gasteiger partial charge on any atom is 0.417 e. The van der Waals surface area contributed by atoms with Crippen molar-refractivity contribution in [2.45, 2.75) is 18.9 Å². The zero-order valence-electron chi connectivity index (χ0n) is 13.6. The number of halogens is 6. The van der Waals surface area contributed by atoms with Gasteiger partial charge in [0, 0.05) is 12.2 Å². The van der Waals surface area contributed by atoms with Gasteiger partial charge in [0.25, 0.3) is 0 Å². The van der Waals surface area contributed by atoms with Gasteiger partial charge in [-0.3, -0.25) is 0 Å². The van der Waals surface area contributed by atoms with Crippen LogP contribution in [0, 0.1) is 22.7 Å². The molecule has 0 saturated carbocycles. The molecule has 0 heterocycles. The van der Waals surface area contributed by atoms with Crippen molar-refractivity contribution < 1.29 is 26.3 Å². The second-order valence-electron chi connectivity index (χ2n) is 5.62. The molecule has 0 radical (unpaired) electrons. The molecule has 9 heteroatoms. The molecule has 2 aromatic rings. The Morgan fingerprint density at radius 3 is 2.15 bits per heavy atom. The Bertz CT molecular complexity index is 903. The van der Waals surface area contributed by atoms with Crippen molar-refractivity contribution in [3.8, 4) is 12.1 Å². The summed E-state index contributed by atoms with van der Waals surface area (Å²) in [5.74, 6) is 0. The fourth-order valence-electron chi connectivity index (χ4n) is 2.48. The lowest BCUT2D eigenvalue weighted by Gasteiger charge is -2.27. The third-order valence-corrected chi connectivity index (χ3v) is 3.59. The minimum atomic E-state index is -4.88. The van der Waals surface area contributed by atoms with E-state index in [1.807, 2.05) is 6.07 Å². The summed E-state index contributed by atoms with van der Waals surface area (Å²) in [5, 5.41) is 17.7. The van der Waals surface area contributed by atoms with Gasteiger partial charge in [0.1, 0.15) is 6.54 Å². The standard InChI is InChI=1S/C18H11F6N3/c19-17(20,21)11-27(10-13-3-1-2-12(6-13)8-25)15-5-4-14(9-26)16(7-15)18(22,23)24/h1-7H,10-11H2. The molecule has 0 aromatic heterocycles. The van der Waals surface area contributed by atoms with E-state index in [0.717, 1.165) is 12.1 Å². The first-order valence-electron chi connectivity index (χ1n) is 7.45. The van der Waals surface area contributed by atoms with E-state index in [2.05, 4.69) is 0 Å². The molecular formula is C18H11F6N3. The van der Waals surface area contributed by atoms with Crippen LogP contribution >= 0.6 is 0 Å². The topological polar surface area (TPSA) is 50.8 Å². The van der Waals surface area contributed by atoms with E-state index in [1.54, 1.807) is 0 Å². The van der Waals surface area contributed by atoms with Gasteiger partial charge in [-0.1, -0.05) is 12.1 Å². The Morgan fingerprint density at radius 2 is 1.59 bits per heavy atom. The number of alkyl halides is 6. The highest BCUT2D eigenvalue weighted by Gasteiger charge is 2.36. The van der Waals surface area contributed by atoms with Crippen LogP contribution in [0.2, 0.25) is 0 Å². The van der Waals surface area contributed by atoms with Crippen LogP contribution in [-0.4, -0.2) is 12.7 Å². The number of anilines is 1. The number of nitrogens with zero attached hydrogens (tertiary/aromatic N) is 3. The number of nitriles is 2. The van der Waals surface area contributed by atoms with Crippen LogP contribution in [0.1, 0.15) is 22.3 Å². The number of hydrogen-bond donors (Lipinski definition) is 0. The Morgan fingerprint density at radius 1 is 0.889 bits per heavy atom. The van der Waals surface area contributed by atoms with Crippen LogP contribution in [0.5, 0.6) is 0 Å². The van der Waals surface area contributed by atoms with Gasteiger partial charge in [0.15, 0.2) is 0 Å². The minimum Gasteiger partial charge on any atom is -0.358 e. The minimum absolute atomic E-state index is 0.218. The van der Waals surface area contributed by atoms with Crippen LogP contribution in [0.3, 0.4) is 0 Å². The third-order valence-electron chi connectivity index (χ3n) is 3.59. The summed E-state index contributed by atoms with van der Waals surface area (Å²) in [6.07, 6.45) is -9.55. The highest BCUT2D eigenvalue weighted by molar-refractivity contribution is 5.55. The van der Waals surface area contributed by atoms with E-state index in [9.17, 15) is 26.3 Å². The van der Waals surface area contributed by atoms with Crippen molar-refractivity contribution in [2.75, 3.05) is 11.4 Å². The molecule has 0 bridgehead atoms. The van der Waals surface area contributed by atoms with E-state index in [1.165, 1.54) is 30.3 Å². The molecule has 0 aliphatic heterocycles. The van der Waals surface area contributed by atoms with E-state index >= 15 is 0 Å². The lowest BCUT2D eigenvalue weighted by atomic mass is 10.1. The van der Waals surface area contributed by atoms with Gasteiger partial charge < -0.3 is 4.90 Å². The zero-order valence-corrected chi connectivity index (χ0v) is 13.6. The average Bonchev–Trinajstić information content (AvgIpc) is 2.59. The molecule has 0 atom stereocenters. The first kappa shape index (κ1) is 20.1. The molecule has 27 heavy (non-hydrogen) atoms. The Hall–Kier alpha value is -3.20. The molecule has 0 fully saturated rings. The Kier molecular flexibility index (Phi) is 5.65. The predicted molar refractivity (Wildman–Crippen MR) is 84.4 cm³/mol. The van der Waals surface area contributed by atoms with E-state index in [-0.39, 0.29) is 17.8 Å². The molecule has 2 rings (SSSR count). The van der Waals surface area contributed by atoms with Gasteiger partial charge in [-0.25, -0.2) is 0 Å². The molecule has 0 unspecified atom stereocenters. The number of hydrogen-bond acceptors (Lipinski definition) is 3. The van der Waals surface area contributed by atoms with Crippen LogP contribution in [-0.2, 0) is 12.7 Å². The number of rotatable bonds is 4. The summed E-state index contributed by atoms with van der Waals surface area (Å²) < 4.78 is 78.2. The molecule has 0 amide bonds. The van der Waals surface area contributed by atoms with Gasteiger partial charge >= 0.3 is 12.4 Å². The second kappa shape index (κ2) is 7.58. The zero-order chi connectivity index (χ0) is 20.2. The molecular weight excluding hydrogens is 372 g/mol. The molecule has 0 aliphatic carbocycles. The first-order chi connectivity index (χ1) is 12.5. The van der Waals surface area contributed by atoms with Crippen molar-refractivity contribution in [1.82, 2.24) is 0 Å². The van der Waals surface area contributed by atoms with Crippen LogP contribution in [0.25, 0.3) is 0 Å².